The van der Waals surface area contributed by atoms with Crippen LogP contribution >= 0.6 is 86.4 Å². The van der Waals surface area contributed by atoms with E-state index in [0.29, 0.717) is 21.5 Å². The van der Waals surface area contributed by atoms with E-state index in [4.69, 9.17) is 0 Å². The monoisotopic (exact) mass is 756 g/mol. The van der Waals surface area contributed by atoms with Gasteiger partial charge in [0.2, 0.25) is 0 Å². The molecule has 0 radical (unpaired) electrons. The fourth-order valence-corrected chi connectivity index (χ4v) is 12.1. The Morgan fingerprint density at radius 3 is 1.21 bits per heavy atom. The van der Waals surface area contributed by atoms with Gasteiger partial charge in [-0.2, -0.15) is 0 Å². The second-order valence-corrected chi connectivity index (χ2v) is 16.9. The molecule has 2 fully saturated rings. The van der Waals surface area contributed by atoms with Crippen molar-refractivity contribution in [1.82, 2.24) is 0 Å². The Bertz CT molecular complexity index is 889. The fraction of sp³-hybridized carbons (Fsp3) is 0.786. The second-order valence-electron chi connectivity index (χ2n) is 10.7. The van der Waals surface area contributed by atoms with Crippen LogP contribution in [0.5, 0.6) is 0 Å². The van der Waals surface area contributed by atoms with Crippen LogP contribution in [-0.2, 0) is 0 Å². The van der Waals surface area contributed by atoms with Crippen LogP contribution in [0.1, 0.15) is 137 Å². The molecule has 0 bridgehead atoms. The van der Waals surface area contributed by atoms with Crippen molar-refractivity contribution in [2.75, 3.05) is 0 Å². The molecule has 0 saturated heterocycles. The van der Waals surface area contributed by atoms with Crippen LogP contribution in [0, 0.1) is 0 Å². The van der Waals surface area contributed by atoms with E-state index >= 15 is 0 Å². The molecule has 0 aliphatic heterocycles. The third-order valence-corrected chi connectivity index (χ3v) is 15.4. The van der Waals surface area contributed by atoms with Crippen molar-refractivity contribution in [3.8, 4) is 0 Å². The highest BCUT2D eigenvalue weighted by Gasteiger charge is 2.27. The summed E-state index contributed by atoms with van der Waals surface area (Å²) < 4.78 is 5.86. The van der Waals surface area contributed by atoms with E-state index in [-0.39, 0.29) is 0 Å². The van der Waals surface area contributed by atoms with Crippen molar-refractivity contribution >= 4 is 95.8 Å². The lowest BCUT2D eigenvalue weighted by molar-refractivity contribution is 0.474. The van der Waals surface area contributed by atoms with E-state index in [1.165, 1.54) is 134 Å². The van der Waals surface area contributed by atoms with Crippen molar-refractivity contribution in [1.29, 1.82) is 0 Å². The van der Waals surface area contributed by atoms with E-state index in [9.17, 15) is 0 Å². The SMILES string of the molecule is Brc1c(C2CCCCCCCCC(Br)CC2)sc2c(Br)c(C3CCCCCCC(Br)CC3)sc12. The van der Waals surface area contributed by atoms with Gasteiger partial charge in [0.15, 0.2) is 0 Å². The number of rotatable bonds is 2. The second kappa shape index (κ2) is 14.7. The Hall–Kier alpha value is 1.58. The van der Waals surface area contributed by atoms with Crippen LogP contribution < -0.4 is 0 Å². The van der Waals surface area contributed by atoms with Crippen molar-refractivity contribution in [3.05, 3.63) is 18.7 Å². The third kappa shape index (κ3) is 7.80. The van der Waals surface area contributed by atoms with E-state index in [2.05, 4.69) is 86.4 Å². The number of thiophene rings is 2. The molecule has 2 heterocycles. The first-order valence-electron chi connectivity index (χ1n) is 13.7. The van der Waals surface area contributed by atoms with Crippen LogP contribution in [0.25, 0.3) is 9.40 Å². The zero-order valence-corrected chi connectivity index (χ0v) is 28.3. The summed E-state index contributed by atoms with van der Waals surface area (Å²) in [4.78, 5) is 4.63. The molecule has 2 saturated carbocycles. The maximum Gasteiger partial charge on any atom is 0.0610 e. The highest BCUT2D eigenvalue weighted by Crippen LogP contribution is 2.53. The average molecular weight is 760 g/mol. The Morgan fingerprint density at radius 2 is 0.794 bits per heavy atom. The Kier molecular flexibility index (Phi) is 12.3. The van der Waals surface area contributed by atoms with Gasteiger partial charge in [0.1, 0.15) is 0 Å². The number of hydrogen-bond acceptors (Lipinski definition) is 2. The van der Waals surface area contributed by atoms with Crippen molar-refractivity contribution < 1.29 is 0 Å². The van der Waals surface area contributed by atoms with Gasteiger partial charge in [0.05, 0.1) is 9.40 Å². The van der Waals surface area contributed by atoms with E-state index in [1.54, 1.807) is 9.75 Å². The van der Waals surface area contributed by atoms with Crippen molar-refractivity contribution in [2.45, 2.75) is 137 Å². The number of halogens is 4. The van der Waals surface area contributed by atoms with E-state index in [0.717, 1.165) is 0 Å². The molecular weight excluding hydrogens is 720 g/mol. The van der Waals surface area contributed by atoms with Crippen LogP contribution in [0.2, 0.25) is 0 Å². The van der Waals surface area contributed by atoms with Crippen LogP contribution in [0.3, 0.4) is 0 Å². The summed E-state index contributed by atoms with van der Waals surface area (Å²) in [6.45, 7) is 0. The minimum absolute atomic E-state index is 0.693. The molecule has 4 unspecified atom stereocenters. The van der Waals surface area contributed by atoms with Crippen LogP contribution in [-0.4, -0.2) is 9.65 Å². The number of hydrogen-bond donors (Lipinski definition) is 0. The molecule has 2 aliphatic carbocycles. The lowest BCUT2D eigenvalue weighted by Crippen LogP contribution is -2.06. The van der Waals surface area contributed by atoms with Gasteiger partial charge in [-0.05, 0) is 95.1 Å². The summed E-state index contributed by atoms with van der Waals surface area (Å²) in [5, 5.41) is 0. The fourth-order valence-electron chi connectivity index (χ4n) is 5.88. The molecular formula is C28H40Br4S2. The Balaban J connectivity index is 1.54. The first-order valence-corrected chi connectivity index (χ1v) is 18.8. The van der Waals surface area contributed by atoms with Gasteiger partial charge >= 0.3 is 0 Å². The summed E-state index contributed by atoms with van der Waals surface area (Å²) in [7, 11) is 0. The van der Waals surface area contributed by atoms with E-state index in [1.807, 2.05) is 0 Å². The quantitative estimate of drug-likeness (QED) is 0.268. The standard InChI is InChI=1S/C28H40Br4S2/c29-21-13-9-4-2-1-3-7-11-19(15-17-21)25-23(31)27-28(33-25)24(32)26(34-27)20-12-8-5-6-10-14-22(30)18-16-20/h19-22H,1-18H2. The highest BCUT2D eigenvalue weighted by atomic mass is 79.9. The Labute approximate surface area is 249 Å². The largest absolute Gasteiger partial charge is 0.137 e. The summed E-state index contributed by atoms with van der Waals surface area (Å²) in [5.41, 5.74) is 0. The molecule has 0 N–H and O–H groups in total. The van der Waals surface area contributed by atoms with Gasteiger partial charge in [-0.1, -0.05) is 96.1 Å². The van der Waals surface area contributed by atoms with Gasteiger partial charge in [-0.3, -0.25) is 0 Å². The van der Waals surface area contributed by atoms with Gasteiger partial charge in [0, 0.05) is 28.4 Å². The van der Waals surface area contributed by atoms with Crippen molar-refractivity contribution in [3.63, 3.8) is 0 Å². The molecule has 0 spiro atoms. The van der Waals surface area contributed by atoms with Gasteiger partial charge in [-0.15, -0.1) is 22.7 Å². The topological polar surface area (TPSA) is 0 Å². The molecule has 4 rings (SSSR count). The molecule has 0 aromatic carbocycles. The minimum Gasteiger partial charge on any atom is -0.137 e. The molecule has 4 atom stereocenters. The van der Waals surface area contributed by atoms with Crippen LogP contribution in [0.4, 0.5) is 0 Å². The molecule has 192 valence electrons. The molecule has 2 aromatic heterocycles. The van der Waals surface area contributed by atoms with Gasteiger partial charge < -0.3 is 0 Å². The molecule has 2 aromatic rings. The summed E-state index contributed by atoms with van der Waals surface area (Å²) in [6.07, 6.45) is 24.7. The number of alkyl halides is 2. The maximum atomic E-state index is 4.12. The predicted octanol–water partition coefficient (Wildman–Crippen LogP) is 13.2. The third-order valence-electron chi connectivity index (χ3n) is 8.00. The lowest BCUT2D eigenvalue weighted by atomic mass is 9.91. The summed E-state index contributed by atoms with van der Waals surface area (Å²) in [6, 6.07) is 0. The normalized spacial score (nSPS) is 29.4. The first-order chi connectivity index (χ1) is 16.5. The molecule has 0 amide bonds. The highest BCUT2D eigenvalue weighted by molar-refractivity contribution is 9.11. The zero-order chi connectivity index (χ0) is 23.9. The minimum atomic E-state index is 0.693. The Morgan fingerprint density at radius 1 is 0.441 bits per heavy atom. The molecule has 34 heavy (non-hydrogen) atoms. The molecule has 2 aliphatic rings. The van der Waals surface area contributed by atoms with Gasteiger partial charge in [0.25, 0.3) is 0 Å². The lowest BCUT2D eigenvalue weighted by Gasteiger charge is -2.21. The van der Waals surface area contributed by atoms with Gasteiger partial charge in [-0.25, -0.2) is 0 Å². The predicted molar refractivity (Wildman–Crippen MR) is 169 cm³/mol. The smallest absolute Gasteiger partial charge is 0.0610 e. The first kappa shape index (κ1) is 28.6. The van der Waals surface area contributed by atoms with E-state index < -0.39 is 0 Å². The molecule has 0 nitrogen and oxygen atoms in total. The average Bonchev–Trinajstić information content (AvgIpc) is 3.32. The number of fused-ring (bicyclic) bond motifs is 1. The zero-order valence-electron chi connectivity index (χ0n) is 20.4. The molecule has 6 heteroatoms. The maximum absolute atomic E-state index is 4.12. The van der Waals surface area contributed by atoms with Crippen molar-refractivity contribution in [2.24, 2.45) is 0 Å². The summed E-state index contributed by atoms with van der Waals surface area (Å²) >= 11 is 20.4. The summed E-state index contributed by atoms with van der Waals surface area (Å²) in [5.74, 6) is 1.42. The van der Waals surface area contributed by atoms with Crippen LogP contribution in [0.15, 0.2) is 8.95 Å².